The highest BCUT2D eigenvalue weighted by Gasteiger charge is 2.10. The lowest BCUT2D eigenvalue weighted by Crippen LogP contribution is -2.15. The number of aliphatic hydroxyl groups excluding tert-OH is 1. The van der Waals surface area contributed by atoms with Gasteiger partial charge in [0.1, 0.15) is 6.61 Å². The molecule has 0 fully saturated rings. The molecule has 0 aliphatic rings. The molecular weight excluding hydrogens is 230 g/mol. The smallest absolute Gasteiger partial charge is 0.250 e. The van der Waals surface area contributed by atoms with E-state index >= 15 is 0 Å². The molecule has 0 bridgehead atoms. The minimum absolute atomic E-state index is 0.0370. The van der Waals surface area contributed by atoms with Crippen LogP contribution in [0.15, 0.2) is 29.2 Å². The second-order valence-electron chi connectivity index (χ2n) is 3.13. The van der Waals surface area contributed by atoms with Crippen LogP contribution in [-0.2, 0) is 14.6 Å². The van der Waals surface area contributed by atoms with Crippen molar-refractivity contribution < 1.29 is 18.3 Å². The van der Waals surface area contributed by atoms with E-state index in [9.17, 15) is 13.2 Å². The number of hydrogen-bond donors (Lipinski definition) is 2. The van der Waals surface area contributed by atoms with Crippen LogP contribution >= 0.6 is 0 Å². The van der Waals surface area contributed by atoms with Gasteiger partial charge >= 0.3 is 0 Å². The highest BCUT2D eigenvalue weighted by atomic mass is 32.2. The zero-order valence-electron chi connectivity index (χ0n) is 8.80. The van der Waals surface area contributed by atoms with E-state index in [1.54, 1.807) is 6.92 Å². The molecule has 0 atom stereocenters. The molecule has 0 radical (unpaired) electrons. The molecule has 1 rings (SSSR count). The summed E-state index contributed by atoms with van der Waals surface area (Å²) in [6, 6.07) is 5.81. The van der Waals surface area contributed by atoms with Crippen molar-refractivity contribution in [2.24, 2.45) is 0 Å². The second kappa shape index (κ2) is 5.09. The molecule has 0 aromatic heterocycles. The van der Waals surface area contributed by atoms with Crippen LogP contribution in [-0.4, -0.2) is 31.8 Å². The van der Waals surface area contributed by atoms with Crippen molar-refractivity contribution in [1.29, 1.82) is 0 Å². The fraction of sp³-hybridized carbons (Fsp3) is 0.300. The maximum absolute atomic E-state index is 11.5. The van der Waals surface area contributed by atoms with Gasteiger partial charge in [0.2, 0.25) is 5.91 Å². The maximum Gasteiger partial charge on any atom is 0.250 e. The second-order valence-corrected chi connectivity index (χ2v) is 5.41. The Bertz CT molecular complexity index is 464. The normalized spacial score (nSPS) is 11.1. The maximum atomic E-state index is 11.5. The standard InChI is InChI=1S/C10H13NO4S/c1-2-16(14,15)9-5-3-8(4-6-9)11-10(13)7-12/h3-6,12H,2,7H2,1H3,(H,11,13). The molecule has 0 aliphatic carbocycles. The monoisotopic (exact) mass is 243 g/mol. The molecule has 0 spiro atoms. The summed E-state index contributed by atoms with van der Waals surface area (Å²) < 4.78 is 22.9. The Morgan fingerprint density at radius 3 is 2.31 bits per heavy atom. The van der Waals surface area contributed by atoms with Crippen LogP contribution in [0.1, 0.15) is 6.92 Å². The fourth-order valence-electron chi connectivity index (χ4n) is 1.11. The van der Waals surface area contributed by atoms with Crippen LogP contribution in [0, 0.1) is 0 Å². The Kier molecular flexibility index (Phi) is 4.03. The van der Waals surface area contributed by atoms with Gasteiger partial charge in [-0.05, 0) is 24.3 Å². The van der Waals surface area contributed by atoms with Crippen molar-refractivity contribution in [2.75, 3.05) is 17.7 Å². The zero-order chi connectivity index (χ0) is 12.2. The molecule has 0 heterocycles. The minimum Gasteiger partial charge on any atom is -0.387 e. The van der Waals surface area contributed by atoms with Gasteiger partial charge in [0.05, 0.1) is 10.6 Å². The number of carbonyl (C=O) groups is 1. The van der Waals surface area contributed by atoms with E-state index < -0.39 is 22.4 Å². The van der Waals surface area contributed by atoms with Gasteiger partial charge in [0.25, 0.3) is 0 Å². The van der Waals surface area contributed by atoms with Crippen molar-refractivity contribution >= 4 is 21.4 Å². The van der Waals surface area contributed by atoms with E-state index in [1.807, 2.05) is 0 Å². The summed E-state index contributed by atoms with van der Waals surface area (Å²) in [5, 5.41) is 10.9. The largest absolute Gasteiger partial charge is 0.387 e. The van der Waals surface area contributed by atoms with Gasteiger partial charge < -0.3 is 10.4 Å². The van der Waals surface area contributed by atoms with E-state index in [0.717, 1.165) is 0 Å². The lowest BCUT2D eigenvalue weighted by Gasteiger charge is -2.05. The Labute approximate surface area is 94.0 Å². The van der Waals surface area contributed by atoms with Gasteiger partial charge in [0, 0.05) is 5.69 Å². The van der Waals surface area contributed by atoms with Gasteiger partial charge in [-0.15, -0.1) is 0 Å². The molecule has 0 saturated carbocycles. The van der Waals surface area contributed by atoms with E-state index in [-0.39, 0.29) is 10.6 Å². The summed E-state index contributed by atoms with van der Waals surface area (Å²) in [6.07, 6.45) is 0. The molecule has 1 aromatic carbocycles. The van der Waals surface area contributed by atoms with Gasteiger partial charge in [-0.1, -0.05) is 6.92 Å². The first kappa shape index (κ1) is 12.7. The predicted molar refractivity (Wildman–Crippen MR) is 59.9 cm³/mol. The van der Waals surface area contributed by atoms with Crippen LogP contribution in [0.2, 0.25) is 0 Å². The van der Waals surface area contributed by atoms with Gasteiger partial charge in [-0.25, -0.2) is 8.42 Å². The number of rotatable bonds is 4. The highest BCUT2D eigenvalue weighted by molar-refractivity contribution is 7.91. The van der Waals surface area contributed by atoms with Gasteiger partial charge in [0.15, 0.2) is 9.84 Å². The minimum atomic E-state index is -3.21. The number of aliphatic hydroxyl groups is 1. The third-order valence-corrected chi connectivity index (χ3v) is 3.77. The van der Waals surface area contributed by atoms with Gasteiger partial charge in [-0.3, -0.25) is 4.79 Å². The molecule has 2 N–H and O–H groups in total. The first-order valence-electron chi connectivity index (χ1n) is 4.73. The number of benzene rings is 1. The van der Waals surface area contributed by atoms with Crippen LogP contribution in [0.4, 0.5) is 5.69 Å². The molecule has 88 valence electrons. The number of sulfone groups is 1. The molecule has 0 aliphatic heterocycles. The van der Waals surface area contributed by atoms with E-state index in [0.29, 0.717) is 5.69 Å². The first-order valence-corrected chi connectivity index (χ1v) is 6.38. The van der Waals surface area contributed by atoms with Crippen molar-refractivity contribution in [2.45, 2.75) is 11.8 Å². The average Bonchev–Trinajstić information content (AvgIpc) is 2.29. The third kappa shape index (κ3) is 3.04. The molecule has 0 saturated heterocycles. The predicted octanol–water partition coefficient (Wildman–Crippen LogP) is 0.411. The van der Waals surface area contributed by atoms with Crippen LogP contribution in [0.5, 0.6) is 0 Å². The van der Waals surface area contributed by atoms with E-state index in [4.69, 9.17) is 5.11 Å². The molecule has 1 amide bonds. The Morgan fingerprint density at radius 1 is 1.31 bits per heavy atom. The van der Waals surface area contributed by atoms with Crippen molar-refractivity contribution in [1.82, 2.24) is 0 Å². The topological polar surface area (TPSA) is 83.5 Å². The van der Waals surface area contributed by atoms with Gasteiger partial charge in [-0.2, -0.15) is 0 Å². The molecule has 5 nitrogen and oxygen atoms in total. The summed E-state index contributed by atoms with van der Waals surface area (Å²) in [4.78, 5) is 11.1. The van der Waals surface area contributed by atoms with Crippen molar-refractivity contribution in [3.05, 3.63) is 24.3 Å². The summed E-state index contributed by atoms with van der Waals surface area (Å²) in [7, 11) is -3.21. The van der Waals surface area contributed by atoms with E-state index in [1.165, 1.54) is 24.3 Å². The lowest BCUT2D eigenvalue weighted by atomic mass is 10.3. The number of hydrogen-bond acceptors (Lipinski definition) is 4. The van der Waals surface area contributed by atoms with Crippen LogP contribution < -0.4 is 5.32 Å². The molecule has 1 aromatic rings. The summed E-state index contributed by atoms with van der Waals surface area (Å²) in [5.41, 5.74) is 0.453. The Hall–Kier alpha value is -1.40. The summed E-state index contributed by atoms with van der Waals surface area (Å²) in [6.45, 7) is 0.964. The lowest BCUT2D eigenvalue weighted by molar-refractivity contribution is -0.118. The molecular formula is C10H13NO4S. The summed E-state index contributed by atoms with van der Waals surface area (Å²) >= 11 is 0. The number of amides is 1. The average molecular weight is 243 g/mol. The molecule has 16 heavy (non-hydrogen) atoms. The molecule has 6 heteroatoms. The number of nitrogens with one attached hydrogen (secondary N) is 1. The fourth-order valence-corrected chi connectivity index (χ4v) is 2.00. The SMILES string of the molecule is CCS(=O)(=O)c1ccc(NC(=O)CO)cc1. The van der Waals surface area contributed by atoms with Crippen LogP contribution in [0.3, 0.4) is 0 Å². The summed E-state index contributed by atoms with van der Waals surface area (Å²) in [5.74, 6) is -0.499. The van der Waals surface area contributed by atoms with E-state index in [2.05, 4.69) is 5.32 Å². The first-order chi connectivity index (χ1) is 7.49. The van der Waals surface area contributed by atoms with Crippen LogP contribution in [0.25, 0.3) is 0 Å². The quantitative estimate of drug-likeness (QED) is 0.802. The highest BCUT2D eigenvalue weighted by Crippen LogP contribution is 2.15. The van der Waals surface area contributed by atoms with Crippen molar-refractivity contribution in [3.8, 4) is 0 Å². The zero-order valence-corrected chi connectivity index (χ0v) is 9.62. The number of anilines is 1. The van der Waals surface area contributed by atoms with Crippen molar-refractivity contribution in [3.63, 3.8) is 0 Å². The number of carbonyl (C=O) groups excluding carboxylic acids is 1. The molecule has 0 unspecified atom stereocenters. The third-order valence-electron chi connectivity index (χ3n) is 2.02. The Balaban J connectivity index is 2.88. The Morgan fingerprint density at radius 2 is 1.88 bits per heavy atom.